The molecule has 1 aromatic heterocycles. The van der Waals surface area contributed by atoms with Gasteiger partial charge in [0.1, 0.15) is 9.39 Å². The highest BCUT2D eigenvalue weighted by Gasteiger charge is 2.12. The van der Waals surface area contributed by atoms with Gasteiger partial charge in [-0.05, 0) is 44.6 Å². The molecule has 1 heterocycles. The van der Waals surface area contributed by atoms with Crippen molar-refractivity contribution in [2.24, 2.45) is 0 Å². The van der Waals surface area contributed by atoms with Crippen LogP contribution in [0.2, 0.25) is 0 Å². The lowest BCUT2D eigenvalue weighted by molar-refractivity contribution is 0.146. The third-order valence-electron chi connectivity index (χ3n) is 1.19. The Morgan fingerprint density at radius 3 is 2.58 bits per heavy atom. The van der Waals surface area contributed by atoms with Crippen LogP contribution in [-0.4, -0.2) is 4.98 Å². The van der Waals surface area contributed by atoms with Crippen LogP contribution in [-0.2, 0) is 0 Å². The SMILES string of the molecule is Nc1cc(C(F)F)nc(I)c1Br. The zero-order valence-electron chi connectivity index (χ0n) is 5.69. The summed E-state index contributed by atoms with van der Waals surface area (Å²) in [5.41, 5.74) is 5.42. The quantitative estimate of drug-likeness (QED) is 0.626. The van der Waals surface area contributed by atoms with Crippen LogP contribution in [0.25, 0.3) is 0 Å². The number of hydrogen-bond acceptors (Lipinski definition) is 2. The van der Waals surface area contributed by atoms with Crippen LogP contribution in [0.1, 0.15) is 12.1 Å². The normalized spacial score (nSPS) is 10.8. The monoisotopic (exact) mass is 348 g/mol. The molecule has 0 aliphatic carbocycles. The minimum atomic E-state index is -2.58. The van der Waals surface area contributed by atoms with Crippen molar-refractivity contribution in [3.05, 3.63) is 19.9 Å². The van der Waals surface area contributed by atoms with Crippen molar-refractivity contribution >= 4 is 44.2 Å². The highest BCUT2D eigenvalue weighted by atomic mass is 127. The van der Waals surface area contributed by atoms with Gasteiger partial charge in [0.25, 0.3) is 6.43 Å². The van der Waals surface area contributed by atoms with Gasteiger partial charge >= 0.3 is 0 Å². The van der Waals surface area contributed by atoms with E-state index in [2.05, 4.69) is 20.9 Å². The van der Waals surface area contributed by atoms with Crippen molar-refractivity contribution in [3.8, 4) is 0 Å². The molecule has 0 aromatic carbocycles. The van der Waals surface area contributed by atoms with Gasteiger partial charge in [0.15, 0.2) is 0 Å². The second kappa shape index (κ2) is 3.82. The molecule has 0 amide bonds. The fourth-order valence-corrected chi connectivity index (χ4v) is 1.44. The third-order valence-corrected chi connectivity index (χ3v) is 3.54. The molecule has 12 heavy (non-hydrogen) atoms. The van der Waals surface area contributed by atoms with E-state index < -0.39 is 6.43 Å². The fraction of sp³-hybridized carbons (Fsp3) is 0.167. The molecule has 6 heteroatoms. The van der Waals surface area contributed by atoms with E-state index in [0.29, 0.717) is 8.17 Å². The van der Waals surface area contributed by atoms with Crippen LogP contribution < -0.4 is 5.73 Å². The maximum absolute atomic E-state index is 12.1. The van der Waals surface area contributed by atoms with Gasteiger partial charge in [-0.25, -0.2) is 13.8 Å². The van der Waals surface area contributed by atoms with E-state index in [1.165, 1.54) is 0 Å². The predicted molar refractivity (Wildman–Crippen MR) is 54.0 cm³/mol. The molecule has 0 saturated heterocycles. The van der Waals surface area contributed by atoms with E-state index in [0.717, 1.165) is 6.07 Å². The minimum absolute atomic E-state index is 0.282. The van der Waals surface area contributed by atoms with Gasteiger partial charge < -0.3 is 5.73 Å². The molecule has 1 rings (SSSR count). The van der Waals surface area contributed by atoms with Crippen LogP contribution >= 0.6 is 38.5 Å². The second-order valence-corrected chi connectivity index (χ2v) is 3.86. The Kier molecular flexibility index (Phi) is 3.22. The number of aromatic nitrogens is 1. The number of nitrogens with two attached hydrogens (primary N) is 1. The van der Waals surface area contributed by atoms with E-state index in [9.17, 15) is 8.78 Å². The molecule has 0 saturated carbocycles. The van der Waals surface area contributed by atoms with Crippen molar-refractivity contribution in [2.45, 2.75) is 6.43 Å². The van der Waals surface area contributed by atoms with Crippen molar-refractivity contribution in [1.82, 2.24) is 4.98 Å². The fourth-order valence-electron chi connectivity index (χ4n) is 0.648. The Balaban J connectivity index is 3.21. The number of nitrogen functional groups attached to an aromatic ring is 1. The molecular weight excluding hydrogens is 345 g/mol. The van der Waals surface area contributed by atoms with Crippen molar-refractivity contribution < 1.29 is 8.78 Å². The van der Waals surface area contributed by atoms with E-state index in [4.69, 9.17) is 5.73 Å². The Morgan fingerprint density at radius 2 is 2.17 bits per heavy atom. The van der Waals surface area contributed by atoms with Crippen LogP contribution in [0.3, 0.4) is 0 Å². The first kappa shape index (κ1) is 10.1. The summed E-state index contributed by atoms with van der Waals surface area (Å²) >= 11 is 4.96. The lowest BCUT2D eigenvalue weighted by atomic mass is 10.3. The van der Waals surface area contributed by atoms with Gasteiger partial charge in [-0.2, -0.15) is 0 Å². The number of nitrogens with zero attached hydrogens (tertiary/aromatic N) is 1. The summed E-state index contributed by atoms with van der Waals surface area (Å²) in [5.74, 6) is 0. The summed E-state index contributed by atoms with van der Waals surface area (Å²) in [6.45, 7) is 0. The zero-order valence-corrected chi connectivity index (χ0v) is 9.43. The maximum atomic E-state index is 12.1. The average Bonchev–Trinajstić information content (AvgIpc) is 1.99. The molecule has 0 aliphatic rings. The Hall–Kier alpha value is 0.0200. The molecule has 0 radical (unpaired) electrons. The summed E-state index contributed by atoms with van der Waals surface area (Å²) < 4.78 is 25.3. The lowest BCUT2D eigenvalue weighted by Gasteiger charge is -2.04. The first-order valence-corrected chi connectivity index (χ1v) is 4.79. The van der Waals surface area contributed by atoms with Crippen LogP contribution in [0, 0.1) is 3.70 Å². The highest BCUT2D eigenvalue weighted by Crippen LogP contribution is 2.28. The van der Waals surface area contributed by atoms with Gasteiger partial charge in [-0.3, -0.25) is 0 Å². The number of anilines is 1. The summed E-state index contributed by atoms with van der Waals surface area (Å²) in [4.78, 5) is 3.64. The van der Waals surface area contributed by atoms with Crippen molar-refractivity contribution in [3.63, 3.8) is 0 Å². The Morgan fingerprint density at radius 1 is 1.58 bits per heavy atom. The number of rotatable bonds is 1. The van der Waals surface area contributed by atoms with Crippen molar-refractivity contribution in [2.75, 3.05) is 5.73 Å². The molecule has 0 aliphatic heterocycles. The first-order valence-electron chi connectivity index (χ1n) is 2.92. The number of alkyl halides is 2. The molecule has 66 valence electrons. The molecule has 0 unspecified atom stereocenters. The molecule has 0 spiro atoms. The molecule has 0 fully saturated rings. The minimum Gasteiger partial charge on any atom is -0.398 e. The smallest absolute Gasteiger partial charge is 0.280 e. The largest absolute Gasteiger partial charge is 0.398 e. The summed E-state index contributed by atoms with van der Waals surface area (Å²) in [6.07, 6.45) is -2.58. The standard InChI is InChI=1S/C6H4BrF2IN2/c7-4-2(11)1-3(5(8)9)12-6(4)10/h1,5H,(H2,11,12). The number of pyridine rings is 1. The second-order valence-electron chi connectivity index (χ2n) is 2.04. The van der Waals surface area contributed by atoms with Gasteiger partial charge in [-0.15, -0.1) is 0 Å². The summed E-state index contributed by atoms with van der Waals surface area (Å²) in [7, 11) is 0. The van der Waals surface area contributed by atoms with Crippen LogP contribution in [0.5, 0.6) is 0 Å². The molecule has 1 aromatic rings. The molecule has 2 nitrogen and oxygen atoms in total. The average molecular weight is 349 g/mol. The number of halogens is 4. The molecular formula is C6H4BrF2IN2. The van der Waals surface area contributed by atoms with E-state index in [1.54, 1.807) is 0 Å². The first-order chi connectivity index (χ1) is 5.52. The highest BCUT2D eigenvalue weighted by molar-refractivity contribution is 14.1. The molecule has 2 N–H and O–H groups in total. The lowest BCUT2D eigenvalue weighted by Crippen LogP contribution is -1.98. The Bertz CT molecular complexity index is 283. The molecule has 0 bridgehead atoms. The van der Waals surface area contributed by atoms with Gasteiger partial charge in [-0.1, -0.05) is 0 Å². The molecule has 0 atom stereocenters. The van der Waals surface area contributed by atoms with Crippen molar-refractivity contribution in [1.29, 1.82) is 0 Å². The Labute approximate surface area is 89.8 Å². The zero-order chi connectivity index (χ0) is 9.30. The van der Waals surface area contributed by atoms with Gasteiger partial charge in [0.2, 0.25) is 0 Å². The van der Waals surface area contributed by atoms with Crippen LogP contribution in [0.4, 0.5) is 14.5 Å². The maximum Gasteiger partial charge on any atom is 0.280 e. The number of hydrogen-bond donors (Lipinski definition) is 1. The third kappa shape index (κ3) is 2.03. The van der Waals surface area contributed by atoms with Gasteiger partial charge in [0, 0.05) is 0 Å². The van der Waals surface area contributed by atoms with E-state index in [1.807, 2.05) is 22.6 Å². The topological polar surface area (TPSA) is 38.9 Å². The van der Waals surface area contributed by atoms with E-state index >= 15 is 0 Å². The van der Waals surface area contributed by atoms with Crippen LogP contribution in [0.15, 0.2) is 10.5 Å². The predicted octanol–water partition coefficient (Wildman–Crippen LogP) is 2.97. The summed E-state index contributed by atoms with van der Waals surface area (Å²) in [5, 5.41) is 0. The summed E-state index contributed by atoms with van der Waals surface area (Å²) in [6, 6.07) is 1.16. The van der Waals surface area contributed by atoms with Gasteiger partial charge in [0.05, 0.1) is 10.2 Å². The van der Waals surface area contributed by atoms with E-state index in [-0.39, 0.29) is 11.4 Å².